The van der Waals surface area contributed by atoms with Crippen molar-refractivity contribution in [2.24, 2.45) is 5.92 Å². The molecule has 2 rings (SSSR count). The molecule has 19 heavy (non-hydrogen) atoms. The highest BCUT2D eigenvalue weighted by Crippen LogP contribution is 2.35. The number of ketones is 1. The van der Waals surface area contributed by atoms with Crippen LogP contribution in [0, 0.1) is 12.8 Å². The molecule has 0 heterocycles. The Bertz CT molecular complexity index is 428. The second-order valence-electron chi connectivity index (χ2n) is 5.30. The van der Waals surface area contributed by atoms with E-state index < -0.39 is 0 Å². The van der Waals surface area contributed by atoms with E-state index in [9.17, 15) is 4.79 Å². The van der Waals surface area contributed by atoms with Crippen LogP contribution in [0.25, 0.3) is 0 Å². The van der Waals surface area contributed by atoms with E-state index in [0.29, 0.717) is 12.2 Å². The Morgan fingerprint density at radius 1 is 1.42 bits per heavy atom. The van der Waals surface area contributed by atoms with Crippen molar-refractivity contribution in [3.05, 3.63) is 35.4 Å². The third-order valence-electron chi connectivity index (χ3n) is 3.68. The highest BCUT2D eigenvalue weighted by atomic mass is 16.7. The zero-order valence-electron chi connectivity index (χ0n) is 11.7. The van der Waals surface area contributed by atoms with Crippen LogP contribution in [0.1, 0.15) is 42.9 Å². The third-order valence-corrected chi connectivity index (χ3v) is 3.68. The first-order valence-corrected chi connectivity index (χ1v) is 6.89. The third kappa shape index (κ3) is 3.88. The molecule has 1 aromatic rings. The number of aryl methyl sites for hydroxylation is 1. The molecule has 0 radical (unpaired) electrons. The number of benzene rings is 1. The highest BCUT2D eigenvalue weighted by molar-refractivity contribution is 5.79. The molecule has 2 unspecified atom stereocenters. The molecule has 1 aliphatic rings. The van der Waals surface area contributed by atoms with Crippen molar-refractivity contribution in [1.82, 2.24) is 0 Å². The minimum absolute atomic E-state index is 0.0379. The first-order valence-electron chi connectivity index (χ1n) is 6.89. The maximum absolute atomic E-state index is 11.7. The molecule has 0 saturated heterocycles. The summed E-state index contributed by atoms with van der Waals surface area (Å²) in [4.78, 5) is 11.7. The summed E-state index contributed by atoms with van der Waals surface area (Å²) in [5, 5.41) is 0. The van der Waals surface area contributed by atoms with E-state index in [4.69, 9.17) is 9.47 Å². The first-order chi connectivity index (χ1) is 9.20. The van der Waals surface area contributed by atoms with Crippen molar-refractivity contribution >= 4 is 5.78 Å². The van der Waals surface area contributed by atoms with Crippen LogP contribution < -0.4 is 0 Å². The van der Waals surface area contributed by atoms with Gasteiger partial charge in [0.2, 0.25) is 0 Å². The topological polar surface area (TPSA) is 35.5 Å². The molecule has 104 valence electrons. The Balaban J connectivity index is 2.17. The Morgan fingerprint density at radius 2 is 2.26 bits per heavy atom. The molecule has 2 atom stereocenters. The van der Waals surface area contributed by atoms with Gasteiger partial charge in [-0.05, 0) is 31.2 Å². The van der Waals surface area contributed by atoms with E-state index in [0.717, 1.165) is 24.8 Å². The van der Waals surface area contributed by atoms with E-state index in [1.165, 1.54) is 5.56 Å². The number of carbonyl (C=O) groups is 1. The van der Waals surface area contributed by atoms with E-state index in [1.54, 1.807) is 7.11 Å². The van der Waals surface area contributed by atoms with Gasteiger partial charge in [-0.3, -0.25) is 4.79 Å². The van der Waals surface area contributed by atoms with Crippen LogP contribution in [0.3, 0.4) is 0 Å². The van der Waals surface area contributed by atoms with Crippen molar-refractivity contribution in [2.45, 2.75) is 38.7 Å². The van der Waals surface area contributed by atoms with Gasteiger partial charge >= 0.3 is 0 Å². The zero-order valence-corrected chi connectivity index (χ0v) is 11.7. The van der Waals surface area contributed by atoms with Gasteiger partial charge in [0.05, 0.1) is 6.10 Å². The molecule has 3 nitrogen and oxygen atoms in total. The highest BCUT2D eigenvalue weighted by Gasteiger charge is 2.29. The van der Waals surface area contributed by atoms with Gasteiger partial charge in [0.1, 0.15) is 12.6 Å². The molecule has 0 aliphatic heterocycles. The molecule has 0 aromatic heterocycles. The average Bonchev–Trinajstić information content (AvgIpc) is 2.39. The zero-order chi connectivity index (χ0) is 13.7. The quantitative estimate of drug-likeness (QED) is 0.763. The van der Waals surface area contributed by atoms with Gasteiger partial charge in [0.25, 0.3) is 0 Å². The molecule has 1 fully saturated rings. The van der Waals surface area contributed by atoms with Crippen molar-refractivity contribution < 1.29 is 14.3 Å². The Kier molecular flexibility index (Phi) is 5.11. The molecule has 0 spiro atoms. The lowest BCUT2D eigenvalue weighted by atomic mass is 9.82. The van der Waals surface area contributed by atoms with Crippen molar-refractivity contribution in [1.29, 1.82) is 0 Å². The van der Waals surface area contributed by atoms with Crippen LogP contribution in [0.5, 0.6) is 0 Å². The fourth-order valence-electron chi connectivity index (χ4n) is 2.81. The Hall–Kier alpha value is -1.19. The summed E-state index contributed by atoms with van der Waals surface area (Å²) in [7, 11) is 1.62. The summed E-state index contributed by atoms with van der Waals surface area (Å²) in [5.41, 5.74) is 2.36. The standard InChI is InChI=1S/C16H22O3/c1-12-5-3-6-13(9-12)16(19-11-18-2)14-7-4-8-15(17)10-14/h3,5-6,9,14,16H,4,7-8,10-11H2,1-2H3. The molecule has 0 amide bonds. The molecular formula is C16H22O3. The van der Waals surface area contributed by atoms with Gasteiger partial charge in [-0.15, -0.1) is 0 Å². The summed E-state index contributed by atoms with van der Waals surface area (Å²) < 4.78 is 10.9. The minimum atomic E-state index is -0.0379. The van der Waals surface area contributed by atoms with Crippen molar-refractivity contribution in [3.8, 4) is 0 Å². The molecule has 3 heteroatoms. The van der Waals surface area contributed by atoms with Crippen LogP contribution in [0.15, 0.2) is 24.3 Å². The SMILES string of the molecule is COCOC(c1cccc(C)c1)C1CCCC(=O)C1. The summed E-state index contributed by atoms with van der Waals surface area (Å²) in [6.45, 7) is 2.34. The van der Waals surface area contributed by atoms with Gasteiger partial charge in [-0.25, -0.2) is 0 Å². The maximum atomic E-state index is 11.7. The normalized spacial score (nSPS) is 21.4. The summed E-state index contributed by atoms with van der Waals surface area (Å²) in [6.07, 6.45) is 3.34. The van der Waals surface area contributed by atoms with Crippen molar-refractivity contribution in [3.63, 3.8) is 0 Å². The summed E-state index contributed by atoms with van der Waals surface area (Å²) in [6, 6.07) is 8.33. The molecule has 0 bridgehead atoms. The lowest BCUT2D eigenvalue weighted by molar-refractivity contribution is -0.128. The molecule has 1 aromatic carbocycles. The monoisotopic (exact) mass is 262 g/mol. The van der Waals surface area contributed by atoms with Crippen molar-refractivity contribution in [2.75, 3.05) is 13.9 Å². The van der Waals surface area contributed by atoms with E-state index in [1.807, 2.05) is 6.07 Å². The number of hydrogen-bond acceptors (Lipinski definition) is 3. The molecular weight excluding hydrogens is 240 g/mol. The molecule has 0 N–H and O–H groups in total. The predicted octanol–water partition coefficient (Wildman–Crippen LogP) is 3.42. The number of ether oxygens (including phenoxy) is 2. The molecule has 1 saturated carbocycles. The fourth-order valence-corrected chi connectivity index (χ4v) is 2.81. The van der Waals surface area contributed by atoms with E-state index in [2.05, 4.69) is 25.1 Å². The van der Waals surface area contributed by atoms with Gasteiger partial charge in [0.15, 0.2) is 0 Å². The Labute approximate surface area is 114 Å². The lowest BCUT2D eigenvalue weighted by Gasteiger charge is -2.30. The Morgan fingerprint density at radius 3 is 2.95 bits per heavy atom. The summed E-state index contributed by atoms with van der Waals surface area (Å²) in [5.74, 6) is 0.633. The van der Waals surface area contributed by atoms with Crippen LogP contribution in [0.2, 0.25) is 0 Å². The second-order valence-corrected chi connectivity index (χ2v) is 5.30. The molecule has 1 aliphatic carbocycles. The van der Waals surface area contributed by atoms with Gasteiger partial charge < -0.3 is 9.47 Å². The van der Waals surface area contributed by atoms with Crippen LogP contribution in [0.4, 0.5) is 0 Å². The predicted molar refractivity (Wildman–Crippen MR) is 73.8 cm³/mol. The number of methoxy groups -OCH3 is 1. The van der Waals surface area contributed by atoms with E-state index >= 15 is 0 Å². The maximum Gasteiger partial charge on any atom is 0.147 e. The van der Waals surface area contributed by atoms with Gasteiger partial charge in [-0.1, -0.05) is 29.8 Å². The first kappa shape index (κ1) is 14.2. The fraction of sp³-hybridized carbons (Fsp3) is 0.562. The number of Topliss-reactive ketones (excluding diaryl/α,β-unsaturated/α-hetero) is 1. The number of rotatable bonds is 5. The minimum Gasteiger partial charge on any atom is -0.359 e. The smallest absolute Gasteiger partial charge is 0.147 e. The van der Waals surface area contributed by atoms with Gasteiger partial charge in [-0.2, -0.15) is 0 Å². The average molecular weight is 262 g/mol. The second kappa shape index (κ2) is 6.83. The lowest BCUT2D eigenvalue weighted by Crippen LogP contribution is -2.24. The van der Waals surface area contributed by atoms with Gasteiger partial charge in [0, 0.05) is 20.0 Å². The number of carbonyl (C=O) groups excluding carboxylic acids is 1. The largest absolute Gasteiger partial charge is 0.359 e. The summed E-state index contributed by atoms with van der Waals surface area (Å²) >= 11 is 0. The van der Waals surface area contributed by atoms with Crippen LogP contribution in [-0.2, 0) is 14.3 Å². The van der Waals surface area contributed by atoms with E-state index in [-0.39, 0.29) is 18.8 Å². The van der Waals surface area contributed by atoms with Crippen LogP contribution >= 0.6 is 0 Å². The van der Waals surface area contributed by atoms with Crippen LogP contribution in [-0.4, -0.2) is 19.7 Å². The number of hydrogen-bond donors (Lipinski definition) is 0.